The quantitative estimate of drug-likeness (QED) is 0.712. The van der Waals surface area contributed by atoms with E-state index in [4.69, 9.17) is 12.2 Å². The van der Waals surface area contributed by atoms with Crippen molar-refractivity contribution in [2.75, 3.05) is 0 Å². The van der Waals surface area contributed by atoms with Gasteiger partial charge in [-0.2, -0.15) is 0 Å². The molecule has 0 saturated heterocycles. The van der Waals surface area contributed by atoms with E-state index in [0.717, 1.165) is 9.65 Å². The molecule has 1 rings (SSSR count). The Hall–Kier alpha value is -0.670. The molecule has 1 heterocycles. The Bertz CT molecular complexity index is 322. The van der Waals surface area contributed by atoms with E-state index < -0.39 is 0 Å². The minimum absolute atomic E-state index is 0.830. The molecular formula is C9H11NS2. The molecule has 0 aromatic carbocycles. The van der Waals surface area contributed by atoms with Crippen LogP contribution in [0.4, 0.5) is 0 Å². The maximum absolute atomic E-state index is 5.04. The summed E-state index contributed by atoms with van der Waals surface area (Å²) in [4.78, 5) is 4.32. The Morgan fingerprint density at radius 2 is 1.92 bits per heavy atom. The van der Waals surface area contributed by atoms with Crippen LogP contribution in [-0.4, -0.2) is 4.98 Å². The van der Waals surface area contributed by atoms with Gasteiger partial charge in [0.05, 0.1) is 10.6 Å². The number of rotatable bonds is 2. The van der Waals surface area contributed by atoms with Gasteiger partial charge in [-0.1, -0.05) is 12.2 Å². The number of H-pyrrole nitrogens is 1. The second-order valence-corrected chi connectivity index (χ2v) is 4.01. The zero-order chi connectivity index (χ0) is 8.97. The summed E-state index contributed by atoms with van der Waals surface area (Å²) in [7, 11) is 0. The molecule has 3 heteroatoms. The van der Waals surface area contributed by atoms with Gasteiger partial charge in [0, 0.05) is 0 Å². The summed E-state index contributed by atoms with van der Waals surface area (Å²) in [6, 6.07) is 0. The van der Waals surface area contributed by atoms with Crippen molar-refractivity contribution in [2.24, 2.45) is 0 Å². The molecule has 0 aliphatic rings. The highest BCUT2D eigenvalue weighted by molar-refractivity contribution is 7.73. The van der Waals surface area contributed by atoms with E-state index in [2.05, 4.69) is 11.1 Å². The first-order valence-corrected chi connectivity index (χ1v) is 4.99. The summed E-state index contributed by atoms with van der Waals surface area (Å²) in [6.45, 7) is 4.00. The fourth-order valence-electron chi connectivity index (χ4n) is 0.918. The molecule has 0 aliphatic heterocycles. The molecule has 1 aromatic heterocycles. The third-order valence-corrected chi connectivity index (χ3v) is 2.57. The lowest BCUT2D eigenvalue weighted by molar-refractivity contribution is 1.35. The summed E-state index contributed by atoms with van der Waals surface area (Å²) in [6.07, 6.45) is 8.11. The predicted octanol–water partition coefficient (Wildman–Crippen LogP) is 3.87. The highest BCUT2D eigenvalue weighted by Gasteiger charge is 1.97. The zero-order valence-electron chi connectivity index (χ0n) is 7.13. The maximum atomic E-state index is 5.04. The topological polar surface area (TPSA) is 15.8 Å². The van der Waals surface area contributed by atoms with E-state index in [1.54, 1.807) is 11.3 Å². The van der Waals surface area contributed by atoms with E-state index in [0.29, 0.717) is 0 Å². The van der Waals surface area contributed by atoms with Crippen molar-refractivity contribution in [3.63, 3.8) is 0 Å². The van der Waals surface area contributed by atoms with E-state index >= 15 is 0 Å². The van der Waals surface area contributed by atoms with Crippen LogP contribution in [0, 0.1) is 3.95 Å². The molecular weight excluding hydrogens is 186 g/mol. The molecule has 0 bridgehead atoms. The van der Waals surface area contributed by atoms with Gasteiger partial charge < -0.3 is 4.98 Å². The Balaban J connectivity index is 3.16. The number of nitrogens with one attached hydrogen (secondary N) is 1. The van der Waals surface area contributed by atoms with Crippen molar-refractivity contribution in [1.29, 1.82) is 0 Å². The van der Waals surface area contributed by atoms with Gasteiger partial charge in [0.2, 0.25) is 0 Å². The van der Waals surface area contributed by atoms with Crippen LogP contribution in [0.1, 0.15) is 24.4 Å². The Labute approximate surface area is 81.5 Å². The highest BCUT2D eigenvalue weighted by Crippen LogP contribution is 2.18. The maximum Gasteiger partial charge on any atom is 0.159 e. The number of allylic oxidation sites excluding steroid dienone is 2. The van der Waals surface area contributed by atoms with Gasteiger partial charge in [-0.15, -0.1) is 11.3 Å². The van der Waals surface area contributed by atoms with Gasteiger partial charge in [-0.05, 0) is 38.2 Å². The number of thiazole rings is 1. The molecule has 0 unspecified atom stereocenters. The van der Waals surface area contributed by atoms with E-state index in [9.17, 15) is 0 Å². The van der Waals surface area contributed by atoms with Gasteiger partial charge in [0.15, 0.2) is 3.95 Å². The summed E-state index contributed by atoms with van der Waals surface area (Å²) < 4.78 is 0.830. The molecule has 12 heavy (non-hydrogen) atoms. The van der Waals surface area contributed by atoms with Crippen LogP contribution in [0.5, 0.6) is 0 Å². The van der Waals surface area contributed by atoms with Crippen molar-refractivity contribution in [3.8, 4) is 0 Å². The van der Waals surface area contributed by atoms with Crippen molar-refractivity contribution in [1.82, 2.24) is 4.98 Å². The van der Waals surface area contributed by atoms with E-state index in [1.807, 2.05) is 32.1 Å². The molecule has 0 spiro atoms. The molecule has 64 valence electrons. The monoisotopic (exact) mass is 197 g/mol. The van der Waals surface area contributed by atoms with Gasteiger partial charge in [0.25, 0.3) is 0 Å². The molecule has 0 radical (unpaired) electrons. The van der Waals surface area contributed by atoms with Crippen molar-refractivity contribution < 1.29 is 0 Å². The number of hydrogen-bond acceptors (Lipinski definition) is 2. The third-order valence-electron chi connectivity index (χ3n) is 1.36. The lowest BCUT2D eigenvalue weighted by Gasteiger charge is -1.87. The number of aromatic amines is 1. The molecule has 0 saturated carbocycles. The normalized spacial score (nSPS) is 11.8. The second kappa shape index (κ2) is 4.38. The van der Waals surface area contributed by atoms with Gasteiger partial charge in [-0.3, -0.25) is 0 Å². The van der Waals surface area contributed by atoms with Crippen LogP contribution < -0.4 is 0 Å². The summed E-state index contributed by atoms with van der Waals surface area (Å²) >= 11 is 6.64. The standard InChI is InChI=1S/C9H11NS2/c1-3-5-7-8(6-4-2)12-9(11)10-7/h3-6H,1-2H3,(H,10,11)/b5-3-,6-4-. The molecule has 0 amide bonds. The van der Waals surface area contributed by atoms with E-state index in [1.165, 1.54) is 4.88 Å². The summed E-state index contributed by atoms with van der Waals surface area (Å²) in [5.74, 6) is 0. The Kier molecular flexibility index (Phi) is 3.44. The molecule has 0 aliphatic carbocycles. The Morgan fingerprint density at radius 1 is 1.25 bits per heavy atom. The minimum atomic E-state index is 0.830. The first-order valence-electron chi connectivity index (χ1n) is 3.76. The molecule has 1 aromatic rings. The van der Waals surface area contributed by atoms with Crippen LogP contribution in [0.25, 0.3) is 12.2 Å². The lowest BCUT2D eigenvalue weighted by Crippen LogP contribution is -1.72. The third kappa shape index (κ3) is 2.16. The highest BCUT2D eigenvalue weighted by atomic mass is 32.1. The SMILES string of the molecule is C/C=C\c1[nH]c(=S)sc1/C=C\C. The van der Waals surface area contributed by atoms with Crippen molar-refractivity contribution >= 4 is 35.7 Å². The smallest absolute Gasteiger partial charge is 0.159 e. The van der Waals surface area contributed by atoms with Crippen LogP contribution in [-0.2, 0) is 0 Å². The average molecular weight is 197 g/mol. The largest absolute Gasteiger partial charge is 0.337 e. The zero-order valence-corrected chi connectivity index (χ0v) is 8.76. The van der Waals surface area contributed by atoms with Crippen molar-refractivity contribution in [2.45, 2.75) is 13.8 Å². The van der Waals surface area contributed by atoms with Crippen LogP contribution >= 0.6 is 23.6 Å². The number of hydrogen-bond donors (Lipinski definition) is 1. The second-order valence-electron chi connectivity index (χ2n) is 2.29. The van der Waals surface area contributed by atoms with Gasteiger partial charge in [-0.25, -0.2) is 0 Å². The average Bonchev–Trinajstić information content (AvgIpc) is 2.33. The molecule has 1 nitrogen and oxygen atoms in total. The first-order chi connectivity index (χ1) is 5.77. The molecule has 0 fully saturated rings. The van der Waals surface area contributed by atoms with Crippen LogP contribution in [0.3, 0.4) is 0 Å². The number of aromatic nitrogens is 1. The Morgan fingerprint density at radius 3 is 2.50 bits per heavy atom. The van der Waals surface area contributed by atoms with Crippen LogP contribution in [0.2, 0.25) is 0 Å². The predicted molar refractivity (Wildman–Crippen MR) is 58.9 cm³/mol. The fourth-order valence-corrected chi connectivity index (χ4v) is 2.09. The fraction of sp³-hybridized carbons (Fsp3) is 0.222. The lowest BCUT2D eigenvalue weighted by atomic mass is 10.3. The first kappa shape index (κ1) is 9.42. The minimum Gasteiger partial charge on any atom is -0.337 e. The van der Waals surface area contributed by atoms with Gasteiger partial charge in [0.1, 0.15) is 0 Å². The summed E-state index contributed by atoms with van der Waals surface area (Å²) in [5.41, 5.74) is 1.10. The summed E-state index contributed by atoms with van der Waals surface area (Å²) in [5, 5.41) is 0. The van der Waals surface area contributed by atoms with Crippen LogP contribution in [0.15, 0.2) is 12.2 Å². The molecule has 1 N–H and O–H groups in total. The van der Waals surface area contributed by atoms with Crippen molar-refractivity contribution in [3.05, 3.63) is 26.7 Å². The van der Waals surface area contributed by atoms with E-state index in [-0.39, 0.29) is 0 Å². The van der Waals surface area contributed by atoms with Gasteiger partial charge >= 0.3 is 0 Å². The molecule has 0 atom stereocenters.